The van der Waals surface area contributed by atoms with Gasteiger partial charge < -0.3 is 4.74 Å². The van der Waals surface area contributed by atoms with Crippen LogP contribution in [0.3, 0.4) is 0 Å². The van der Waals surface area contributed by atoms with Gasteiger partial charge in [0.25, 0.3) is 0 Å². The van der Waals surface area contributed by atoms with E-state index in [0.717, 1.165) is 0 Å². The molecule has 84 valence electrons. The molecule has 15 heavy (non-hydrogen) atoms. The molecular formula is C11H17FN2O. The van der Waals surface area contributed by atoms with Gasteiger partial charge >= 0.3 is 0 Å². The van der Waals surface area contributed by atoms with E-state index in [1.165, 1.54) is 6.07 Å². The summed E-state index contributed by atoms with van der Waals surface area (Å²) in [5, 5.41) is 0. The standard InChI is InChI=1S/C11H17FN2O/c1-8(15-2)11(14-13)7-9-5-3-4-6-10(9)12/h3-6,8,11,14H,7,13H2,1-2H3. The quantitative estimate of drug-likeness (QED) is 0.570. The first kappa shape index (κ1) is 12.1. The molecule has 0 saturated carbocycles. The molecular weight excluding hydrogens is 195 g/mol. The van der Waals surface area contributed by atoms with Crippen molar-refractivity contribution in [3.63, 3.8) is 0 Å². The number of rotatable bonds is 5. The number of nitrogens with one attached hydrogen (secondary N) is 1. The molecule has 0 aromatic heterocycles. The van der Waals surface area contributed by atoms with Crippen LogP contribution in [0.1, 0.15) is 12.5 Å². The minimum Gasteiger partial charge on any atom is -0.380 e. The van der Waals surface area contributed by atoms with Gasteiger partial charge in [-0.1, -0.05) is 18.2 Å². The van der Waals surface area contributed by atoms with Gasteiger partial charge in [-0.3, -0.25) is 11.3 Å². The zero-order chi connectivity index (χ0) is 11.3. The van der Waals surface area contributed by atoms with E-state index in [9.17, 15) is 4.39 Å². The van der Waals surface area contributed by atoms with E-state index in [0.29, 0.717) is 12.0 Å². The van der Waals surface area contributed by atoms with E-state index in [-0.39, 0.29) is 18.0 Å². The lowest BCUT2D eigenvalue weighted by Gasteiger charge is -2.22. The predicted octanol–water partition coefficient (Wildman–Crippen LogP) is 1.23. The zero-order valence-corrected chi connectivity index (χ0v) is 9.03. The topological polar surface area (TPSA) is 47.3 Å². The van der Waals surface area contributed by atoms with Gasteiger partial charge in [-0.05, 0) is 25.0 Å². The second kappa shape index (κ2) is 5.80. The van der Waals surface area contributed by atoms with Crippen LogP contribution >= 0.6 is 0 Å². The summed E-state index contributed by atoms with van der Waals surface area (Å²) >= 11 is 0. The summed E-state index contributed by atoms with van der Waals surface area (Å²) in [6, 6.07) is 6.59. The Morgan fingerprint density at radius 3 is 2.67 bits per heavy atom. The van der Waals surface area contributed by atoms with Gasteiger partial charge in [0.05, 0.1) is 12.1 Å². The van der Waals surface area contributed by atoms with Gasteiger partial charge in [0.2, 0.25) is 0 Å². The Hall–Kier alpha value is -0.970. The first-order valence-electron chi connectivity index (χ1n) is 4.91. The summed E-state index contributed by atoms with van der Waals surface area (Å²) < 4.78 is 18.5. The van der Waals surface area contributed by atoms with Gasteiger partial charge in [-0.2, -0.15) is 0 Å². The third-order valence-corrected chi connectivity index (χ3v) is 2.55. The summed E-state index contributed by atoms with van der Waals surface area (Å²) in [4.78, 5) is 0. The number of ether oxygens (including phenoxy) is 1. The van der Waals surface area contributed by atoms with Crippen LogP contribution in [0.15, 0.2) is 24.3 Å². The van der Waals surface area contributed by atoms with Crippen molar-refractivity contribution in [2.45, 2.75) is 25.5 Å². The van der Waals surface area contributed by atoms with Gasteiger partial charge in [0, 0.05) is 7.11 Å². The average Bonchev–Trinajstić information content (AvgIpc) is 2.27. The molecule has 1 aromatic carbocycles. The van der Waals surface area contributed by atoms with Crippen molar-refractivity contribution >= 4 is 0 Å². The first-order valence-corrected chi connectivity index (χ1v) is 4.91. The van der Waals surface area contributed by atoms with Crippen LogP contribution in [0, 0.1) is 5.82 Å². The summed E-state index contributed by atoms with van der Waals surface area (Å²) in [6.07, 6.45) is 0.452. The second-order valence-corrected chi connectivity index (χ2v) is 3.51. The maximum Gasteiger partial charge on any atom is 0.126 e. The van der Waals surface area contributed by atoms with Crippen LogP contribution in [-0.4, -0.2) is 19.3 Å². The van der Waals surface area contributed by atoms with Crippen molar-refractivity contribution in [1.29, 1.82) is 0 Å². The van der Waals surface area contributed by atoms with Crippen LogP contribution in [0.5, 0.6) is 0 Å². The molecule has 3 nitrogen and oxygen atoms in total. The maximum absolute atomic E-state index is 13.3. The average molecular weight is 212 g/mol. The highest BCUT2D eigenvalue weighted by Gasteiger charge is 2.17. The Kier molecular flexibility index (Phi) is 4.68. The number of halogens is 1. The smallest absolute Gasteiger partial charge is 0.126 e. The largest absolute Gasteiger partial charge is 0.380 e. The zero-order valence-electron chi connectivity index (χ0n) is 9.03. The molecule has 3 N–H and O–H groups in total. The number of nitrogens with two attached hydrogens (primary N) is 1. The van der Waals surface area contributed by atoms with Crippen molar-refractivity contribution in [3.05, 3.63) is 35.6 Å². The van der Waals surface area contributed by atoms with Crippen LogP contribution in [0.25, 0.3) is 0 Å². The Morgan fingerprint density at radius 2 is 2.13 bits per heavy atom. The Bertz CT molecular complexity index is 306. The predicted molar refractivity (Wildman–Crippen MR) is 57.7 cm³/mol. The monoisotopic (exact) mass is 212 g/mol. The van der Waals surface area contributed by atoms with E-state index in [4.69, 9.17) is 10.6 Å². The number of hydrogen-bond acceptors (Lipinski definition) is 3. The van der Waals surface area contributed by atoms with Crippen molar-refractivity contribution in [2.24, 2.45) is 5.84 Å². The molecule has 0 radical (unpaired) electrons. The van der Waals surface area contributed by atoms with E-state index in [2.05, 4.69) is 5.43 Å². The fraction of sp³-hybridized carbons (Fsp3) is 0.455. The molecule has 0 fully saturated rings. The molecule has 1 aromatic rings. The van der Waals surface area contributed by atoms with E-state index >= 15 is 0 Å². The van der Waals surface area contributed by atoms with Gasteiger partial charge in [0.15, 0.2) is 0 Å². The normalized spacial score (nSPS) is 14.9. The third-order valence-electron chi connectivity index (χ3n) is 2.55. The van der Waals surface area contributed by atoms with E-state index < -0.39 is 0 Å². The lowest BCUT2D eigenvalue weighted by molar-refractivity contribution is 0.0828. The maximum atomic E-state index is 13.3. The molecule has 1 rings (SSSR count). The third kappa shape index (κ3) is 3.27. The van der Waals surface area contributed by atoms with E-state index in [1.807, 2.05) is 13.0 Å². The molecule has 0 spiro atoms. The minimum atomic E-state index is -0.207. The number of hydrazine groups is 1. The first-order chi connectivity index (χ1) is 7.19. The highest BCUT2D eigenvalue weighted by molar-refractivity contribution is 5.18. The Labute approximate surface area is 89.4 Å². The lowest BCUT2D eigenvalue weighted by atomic mass is 10.0. The Balaban J connectivity index is 2.71. The highest BCUT2D eigenvalue weighted by Crippen LogP contribution is 2.11. The van der Waals surface area contributed by atoms with Gasteiger partial charge in [-0.25, -0.2) is 4.39 Å². The summed E-state index contributed by atoms with van der Waals surface area (Å²) in [5.74, 6) is 5.19. The number of benzene rings is 1. The fourth-order valence-electron chi connectivity index (χ4n) is 1.43. The fourth-order valence-corrected chi connectivity index (χ4v) is 1.43. The summed E-state index contributed by atoms with van der Waals surface area (Å²) in [6.45, 7) is 1.89. The van der Waals surface area contributed by atoms with Gasteiger partial charge in [0.1, 0.15) is 5.82 Å². The highest BCUT2D eigenvalue weighted by atomic mass is 19.1. The van der Waals surface area contributed by atoms with Crippen molar-refractivity contribution < 1.29 is 9.13 Å². The van der Waals surface area contributed by atoms with Crippen LogP contribution in [-0.2, 0) is 11.2 Å². The molecule has 0 aliphatic carbocycles. The molecule has 0 aliphatic rings. The Morgan fingerprint density at radius 1 is 1.47 bits per heavy atom. The van der Waals surface area contributed by atoms with Crippen molar-refractivity contribution in [2.75, 3.05) is 7.11 Å². The summed E-state index contributed by atoms with van der Waals surface area (Å²) in [5.41, 5.74) is 3.28. The second-order valence-electron chi connectivity index (χ2n) is 3.51. The molecule has 2 unspecified atom stereocenters. The minimum absolute atomic E-state index is 0.0605. The molecule has 0 aliphatic heterocycles. The number of hydrogen-bond donors (Lipinski definition) is 2. The molecule has 0 bridgehead atoms. The summed E-state index contributed by atoms with van der Waals surface area (Å²) in [7, 11) is 1.61. The SMILES string of the molecule is COC(C)C(Cc1ccccc1F)NN. The molecule has 0 amide bonds. The van der Waals surface area contributed by atoms with E-state index in [1.54, 1.807) is 19.2 Å². The lowest BCUT2D eigenvalue weighted by Crippen LogP contribution is -2.45. The molecule has 0 heterocycles. The number of methoxy groups -OCH3 is 1. The van der Waals surface area contributed by atoms with Crippen LogP contribution in [0.2, 0.25) is 0 Å². The molecule has 0 saturated heterocycles. The molecule has 2 atom stereocenters. The van der Waals surface area contributed by atoms with Gasteiger partial charge in [-0.15, -0.1) is 0 Å². The van der Waals surface area contributed by atoms with Crippen molar-refractivity contribution in [1.82, 2.24) is 5.43 Å². The van der Waals surface area contributed by atoms with Crippen LogP contribution < -0.4 is 11.3 Å². The van der Waals surface area contributed by atoms with Crippen molar-refractivity contribution in [3.8, 4) is 0 Å². The molecule has 4 heteroatoms. The van der Waals surface area contributed by atoms with Crippen LogP contribution in [0.4, 0.5) is 4.39 Å².